The summed E-state index contributed by atoms with van der Waals surface area (Å²) in [6.07, 6.45) is 6.10. The number of hydrogen-bond acceptors (Lipinski definition) is 2. The fourth-order valence-electron chi connectivity index (χ4n) is 2.84. The molecule has 1 saturated carbocycles. The summed E-state index contributed by atoms with van der Waals surface area (Å²) in [5.41, 5.74) is 2.62. The summed E-state index contributed by atoms with van der Waals surface area (Å²) in [7, 11) is 0. The van der Waals surface area contributed by atoms with Crippen LogP contribution in [0.1, 0.15) is 29.4 Å². The van der Waals surface area contributed by atoms with Gasteiger partial charge in [-0.1, -0.05) is 0 Å². The second-order valence-electron chi connectivity index (χ2n) is 5.13. The zero-order valence-corrected chi connectivity index (χ0v) is 10.5. The number of fused-ring (bicyclic) bond motifs is 1. The molecule has 2 atom stereocenters. The first-order valence-electron chi connectivity index (χ1n) is 6.46. The quantitative estimate of drug-likeness (QED) is 0.716. The number of rotatable bonds is 2. The highest BCUT2D eigenvalue weighted by Crippen LogP contribution is 2.55. The largest absolute Gasteiger partial charge is 0.235 e. The normalized spacial score (nSPS) is 21.3. The number of aromatic nitrogens is 3. The van der Waals surface area contributed by atoms with Crippen LogP contribution < -0.4 is 0 Å². The van der Waals surface area contributed by atoms with Crippen molar-refractivity contribution >= 4 is 5.65 Å². The third-order valence-electron chi connectivity index (χ3n) is 3.83. The molecule has 1 fully saturated rings. The van der Waals surface area contributed by atoms with Gasteiger partial charge in [0.2, 0.25) is 0 Å². The van der Waals surface area contributed by atoms with Gasteiger partial charge in [0.05, 0.1) is 0 Å². The Bertz CT molecular complexity index is 776. The molecule has 2 heterocycles. The summed E-state index contributed by atoms with van der Waals surface area (Å²) < 4.78 is 28.3. The second kappa shape index (κ2) is 4.10. The fraction of sp³-hybridized carbons (Fsp3) is 0.200. The zero-order valence-electron chi connectivity index (χ0n) is 10.5. The van der Waals surface area contributed by atoms with Gasteiger partial charge in [-0.25, -0.2) is 18.3 Å². The Kier molecular flexibility index (Phi) is 2.36. The lowest BCUT2D eigenvalue weighted by Crippen LogP contribution is -1.95. The van der Waals surface area contributed by atoms with E-state index in [4.69, 9.17) is 0 Å². The summed E-state index contributed by atoms with van der Waals surface area (Å²) in [4.78, 5) is 4.30. The van der Waals surface area contributed by atoms with Crippen LogP contribution in [0.25, 0.3) is 5.65 Å². The van der Waals surface area contributed by atoms with Gasteiger partial charge in [0, 0.05) is 30.2 Å². The molecule has 2 aromatic heterocycles. The SMILES string of the molecule is Fc1cc(F)cc([C@H]2C[C@@H]2c2ccnn3ccnc23)c1. The lowest BCUT2D eigenvalue weighted by molar-refractivity contribution is 0.579. The van der Waals surface area contributed by atoms with Crippen molar-refractivity contribution in [3.63, 3.8) is 0 Å². The third kappa shape index (κ3) is 1.78. The summed E-state index contributed by atoms with van der Waals surface area (Å²) in [6.45, 7) is 0. The molecule has 0 N–H and O–H groups in total. The van der Waals surface area contributed by atoms with Crippen molar-refractivity contribution < 1.29 is 8.78 Å². The minimum Gasteiger partial charge on any atom is -0.235 e. The maximum absolute atomic E-state index is 13.3. The predicted octanol–water partition coefficient (Wildman–Crippen LogP) is 3.28. The first-order valence-corrected chi connectivity index (χ1v) is 6.46. The van der Waals surface area contributed by atoms with Crippen molar-refractivity contribution in [2.24, 2.45) is 0 Å². The van der Waals surface area contributed by atoms with Crippen LogP contribution in [0.5, 0.6) is 0 Å². The van der Waals surface area contributed by atoms with E-state index in [0.29, 0.717) is 5.56 Å². The highest BCUT2D eigenvalue weighted by molar-refractivity contribution is 5.52. The Hall–Kier alpha value is -2.30. The van der Waals surface area contributed by atoms with Crippen molar-refractivity contribution in [2.75, 3.05) is 0 Å². The van der Waals surface area contributed by atoms with Crippen molar-refractivity contribution in [1.29, 1.82) is 0 Å². The van der Waals surface area contributed by atoms with Crippen molar-refractivity contribution in [3.8, 4) is 0 Å². The van der Waals surface area contributed by atoms with E-state index in [0.717, 1.165) is 23.7 Å². The van der Waals surface area contributed by atoms with E-state index in [2.05, 4.69) is 10.1 Å². The fourth-order valence-corrected chi connectivity index (χ4v) is 2.84. The van der Waals surface area contributed by atoms with Crippen LogP contribution in [0.15, 0.2) is 42.9 Å². The van der Waals surface area contributed by atoms with Crippen molar-refractivity contribution in [3.05, 3.63) is 65.6 Å². The molecule has 3 aromatic rings. The molecule has 20 heavy (non-hydrogen) atoms. The van der Waals surface area contributed by atoms with Gasteiger partial charge < -0.3 is 0 Å². The average Bonchev–Trinajstić information content (AvgIpc) is 3.06. The van der Waals surface area contributed by atoms with Crippen LogP contribution in [0.4, 0.5) is 8.78 Å². The van der Waals surface area contributed by atoms with Gasteiger partial charge in [-0.05, 0) is 42.0 Å². The lowest BCUT2D eigenvalue weighted by atomic mass is 10.1. The Morgan fingerprint density at radius 3 is 2.65 bits per heavy atom. The number of imidazole rings is 1. The van der Waals surface area contributed by atoms with Crippen LogP contribution in [0.3, 0.4) is 0 Å². The molecule has 5 heteroatoms. The summed E-state index contributed by atoms with van der Waals surface area (Å²) in [5.74, 6) is -0.634. The molecule has 0 unspecified atom stereocenters. The highest BCUT2D eigenvalue weighted by Gasteiger charge is 2.41. The van der Waals surface area contributed by atoms with E-state index >= 15 is 0 Å². The van der Waals surface area contributed by atoms with Crippen molar-refractivity contribution in [1.82, 2.24) is 14.6 Å². The molecule has 0 radical (unpaired) electrons. The molecule has 1 aromatic carbocycles. The molecule has 1 aliphatic carbocycles. The van der Waals surface area contributed by atoms with E-state index in [1.807, 2.05) is 6.07 Å². The number of halogens is 2. The Morgan fingerprint density at radius 2 is 1.85 bits per heavy atom. The van der Waals surface area contributed by atoms with E-state index in [1.54, 1.807) is 23.1 Å². The first-order chi connectivity index (χ1) is 9.72. The summed E-state index contributed by atoms with van der Waals surface area (Å²) in [5, 5.41) is 4.17. The van der Waals surface area contributed by atoms with Gasteiger partial charge in [-0.3, -0.25) is 0 Å². The van der Waals surface area contributed by atoms with Crippen LogP contribution in [0.2, 0.25) is 0 Å². The van der Waals surface area contributed by atoms with Gasteiger partial charge in [-0.15, -0.1) is 0 Å². The van der Waals surface area contributed by atoms with E-state index < -0.39 is 11.6 Å². The molecule has 0 amide bonds. The Balaban J connectivity index is 1.71. The van der Waals surface area contributed by atoms with Gasteiger partial charge in [0.15, 0.2) is 5.65 Å². The molecule has 3 nitrogen and oxygen atoms in total. The minimum absolute atomic E-state index is 0.156. The monoisotopic (exact) mass is 271 g/mol. The number of benzene rings is 1. The molecule has 4 rings (SSSR count). The third-order valence-corrected chi connectivity index (χ3v) is 3.83. The number of nitrogens with zero attached hydrogens (tertiary/aromatic N) is 3. The highest BCUT2D eigenvalue weighted by atomic mass is 19.1. The summed E-state index contributed by atoms with van der Waals surface area (Å²) in [6, 6.07) is 5.66. The maximum atomic E-state index is 13.3. The molecule has 1 aliphatic rings. The molecule has 0 bridgehead atoms. The molecule has 0 saturated heterocycles. The zero-order chi connectivity index (χ0) is 13.7. The topological polar surface area (TPSA) is 30.2 Å². The van der Waals surface area contributed by atoms with Gasteiger partial charge in [0.25, 0.3) is 0 Å². The molecule has 0 spiro atoms. The molecule has 0 aliphatic heterocycles. The van der Waals surface area contributed by atoms with E-state index in [1.165, 1.54) is 12.1 Å². The second-order valence-corrected chi connectivity index (χ2v) is 5.13. The molecular weight excluding hydrogens is 260 g/mol. The van der Waals surface area contributed by atoms with Crippen LogP contribution >= 0.6 is 0 Å². The molecular formula is C15H11F2N3. The maximum Gasteiger partial charge on any atom is 0.156 e. The van der Waals surface area contributed by atoms with Crippen LogP contribution in [-0.2, 0) is 0 Å². The first kappa shape index (κ1) is 11.5. The smallest absolute Gasteiger partial charge is 0.156 e. The molecule has 100 valence electrons. The van der Waals surface area contributed by atoms with E-state index in [9.17, 15) is 8.78 Å². The Labute approximate surface area is 113 Å². The van der Waals surface area contributed by atoms with Crippen molar-refractivity contribution in [2.45, 2.75) is 18.3 Å². The van der Waals surface area contributed by atoms with Gasteiger partial charge >= 0.3 is 0 Å². The Morgan fingerprint density at radius 1 is 1.05 bits per heavy atom. The average molecular weight is 271 g/mol. The standard InChI is InChI=1S/C15H11F2N3/c16-10-5-9(6-11(17)7-10)13-8-14(13)12-1-2-19-20-4-3-18-15(12)20/h1-7,13-14H,8H2/t13-,14-/m1/s1. The van der Waals surface area contributed by atoms with Gasteiger partial charge in [0.1, 0.15) is 11.6 Å². The van der Waals surface area contributed by atoms with Crippen LogP contribution in [0, 0.1) is 11.6 Å². The lowest BCUT2D eigenvalue weighted by Gasteiger charge is -2.03. The van der Waals surface area contributed by atoms with Gasteiger partial charge in [-0.2, -0.15) is 5.10 Å². The van der Waals surface area contributed by atoms with E-state index in [-0.39, 0.29) is 11.8 Å². The predicted molar refractivity (Wildman–Crippen MR) is 69.4 cm³/mol. The van der Waals surface area contributed by atoms with Crippen LogP contribution in [-0.4, -0.2) is 14.6 Å². The number of hydrogen-bond donors (Lipinski definition) is 0. The minimum atomic E-state index is -0.522. The summed E-state index contributed by atoms with van der Waals surface area (Å²) >= 11 is 0.